The van der Waals surface area contributed by atoms with Gasteiger partial charge in [0.1, 0.15) is 24.5 Å². The van der Waals surface area contributed by atoms with E-state index < -0.39 is 0 Å². The maximum Gasteiger partial charge on any atom is 0.150 e. The number of hydrogen-bond acceptors (Lipinski definition) is 2. The number of carbonyl (C=O) groups excluding carboxylic acids is 1. The van der Waals surface area contributed by atoms with Crippen molar-refractivity contribution >= 4 is 22.2 Å². The molecular formula is C16H14BrFO2. The second kappa shape index (κ2) is 6.18. The van der Waals surface area contributed by atoms with E-state index in [1.807, 2.05) is 19.9 Å². The molecule has 104 valence electrons. The molecule has 0 aliphatic heterocycles. The number of aryl methyl sites for hydroxylation is 2. The van der Waals surface area contributed by atoms with Crippen molar-refractivity contribution in [2.45, 2.75) is 20.5 Å². The molecule has 4 heteroatoms. The number of hydrogen-bond donors (Lipinski definition) is 0. The summed E-state index contributed by atoms with van der Waals surface area (Å²) < 4.78 is 19.7. The molecule has 2 nitrogen and oxygen atoms in total. The predicted octanol–water partition coefficient (Wildman–Crippen LogP) is 4.60. The van der Waals surface area contributed by atoms with Crippen molar-refractivity contribution in [1.82, 2.24) is 0 Å². The van der Waals surface area contributed by atoms with Crippen LogP contribution >= 0.6 is 15.9 Å². The molecule has 0 aliphatic rings. The lowest BCUT2D eigenvalue weighted by Crippen LogP contribution is -2.00. The summed E-state index contributed by atoms with van der Waals surface area (Å²) in [5.74, 6) is 0.429. The highest BCUT2D eigenvalue weighted by molar-refractivity contribution is 9.10. The van der Waals surface area contributed by atoms with E-state index in [9.17, 15) is 9.18 Å². The van der Waals surface area contributed by atoms with Gasteiger partial charge in [-0.1, -0.05) is 15.9 Å². The number of halogens is 2. The predicted molar refractivity (Wildman–Crippen MR) is 79.7 cm³/mol. The minimum absolute atomic E-state index is 0.276. The zero-order valence-corrected chi connectivity index (χ0v) is 12.8. The Morgan fingerprint density at radius 3 is 2.35 bits per heavy atom. The van der Waals surface area contributed by atoms with E-state index in [2.05, 4.69) is 15.9 Å². The highest BCUT2D eigenvalue weighted by Crippen LogP contribution is 2.26. The number of benzene rings is 2. The van der Waals surface area contributed by atoms with E-state index in [0.717, 1.165) is 28.7 Å². The molecule has 0 amide bonds. The first kappa shape index (κ1) is 14.7. The van der Waals surface area contributed by atoms with Gasteiger partial charge in [-0.3, -0.25) is 4.79 Å². The lowest BCUT2D eigenvalue weighted by molar-refractivity contribution is 0.112. The molecule has 0 bridgehead atoms. The van der Waals surface area contributed by atoms with Crippen LogP contribution in [0.1, 0.15) is 27.0 Å². The Bertz CT molecular complexity index is 610. The summed E-state index contributed by atoms with van der Waals surface area (Å²) in [6.45, 7) is 4.05. The summed E-state index contributed by atoms with van der Waals surface area (Å²) >= 11 is 3.25. The first-order chi connectivity index (χ1) is 9.49. The normalized spacial score (nSPS) is 10.4. The second-order valence-electron chi connectivity index (χ2n) is 4.67. The largest absolute Gasteiger partial charge is 0.488 e. The minimum atomic E-state index is -0.303. The Labute approximate surface area is 125 Å². The van der Waals surface area contributed by atoms with Crippen LogP contribution in [0.5, 0.6) is 5.75 Å². The van der Waals surface area contributed by atoms with Crippen molar-refractivity contribution in [3.63, 3.8) is 0 Å². The first-order valence-electron chi connectivity index (χ1n) is 6.14. The Kier molecular flexibility index (Phi) is 4.55. The van der Waals surface area contributed by atoms with Crippen molar-refractivity contribution in [3.8, 4) is 5.75 Å². The molecule has 2 aromatic carbocycles. The Morgan fingerprint density at radius 1 is 1.15 bits per heavy atom. The van der Waals surface area contributed by atoms with Crippen LogP contribution < -0.4 is 4.74 Å². The van der Waals surface area contributed by atoms with E-state index >= 15 is 0 Å². The van der Waals surface area contributed by atoms with Gasteiger partial charge in [-0.25, -0.2) is 4.39 Å². The lowest BCUT2D eigenvalue weighted by Gasteiger charge is -2.13. The van der Waals surface area contributed by atoms with Gasteiger partial charge in [-0.2, -0.15) is 0 Å². The first-order valence-corrected chi connectivity index (χ1v) is 6.93. The van der Waals surface area contributed by atoms with Gasteiger partial charge in [0, 0.05) is 10.0 Å². The van der Waals surface area contributed by atoms with E-state index in [1.54, 1.807) is 12.1 Å². The SMILES string of the molecule is Cc1cc(C=O)cc(C)c1OCc1cc(F)cc(Br)c1. The van der Waals surface area contributed by atoms with Crippen LogP contribution in [-0.2, 0) is 6.61 Å². The van der Waals surface area contributed by atoms with Crippen molar-refractivity contribution in [2.75, 3.05) is 0 Å². The fraction of sp³-hybridized carbons (Fsp3) is 0.188. The maximum absolute atomic E-state index is 13.3. The molecule has 20 heavy (non-hydrogen) atoms. The molecule has 0 heterocycles. The van der Waals surface area contributed by atoms with E-state index in [0.29, 0.717) is 10.0 Å². The second-order valence-corrected chi connectivity index (χ2v) is 5.58. The number of rotatable bonds is 4. The molecule has 0 spiro atoms. The highest BCUT2D eigenvalue weighted by atomic mass is 79.9. The van der Waals surface area contributed by atoms with Crippen molar-refractivity contribution in [3.05, 3.63) is 62.9 Å². The van der Waals surface area contributed by atoms with Gasteiger partial charge in [0.2, 0.25) is 0 Å². The molecule has 0 N–H and O–H groups in total. The third-order valence-corrected chi connectivity index (χ3v) is 3.38. The third kappa shape index (κ3) is 3.45. The van der Waals surface area contributed by atoms with Gasteiger partial charge in [-0.05, 0) is 60.9 Å². The van der Waals surface area contributed by atoms with Gasteiger partial charge in [0.25, 0.3) is 0 Å². The zero-order chi connectivity index (χ0) is 14.7. The Hall–Kier alpha value is -1.68. The highest BCUT2D eigenvalue weighted by Gasteiger charge is 2.07. The Balaban J connectivity index is 2.20. The summed E-state index contributed by atoms with van der Waals surface area (Å²) in [6.07, 6.45) is 0.813. The van der Waals surface area contributed by atoms with Crippen LogP contribution in [0.25, 0.3) is 0 Å². The molecule has 0 radical (unpaired) electrons. The molecule has 0 aromatic heterocycles. The topological polar surface area (TPSA) is 26.3 Å². The quantitative estimate of drug-likeness (QED) is 0.763. The van der Waals surface area contributed by atoms with Crippen LogP contribution in [0.4, 0.5) is 4.39 Å². The summed E-state index contributed by atoms with van der Waals surface area (Å²) in [6, 6.07) is 8.20. The molecule has 2 rings (SSSR count). The Morgan fingerprint density at radius 2 is 1.80 bits per heavy atom. The summed E-state index contributed by atoms with van der Waals surface area (Å²) in [5, 5.41) is 0. The van der Waals surface area contributed by atoms with Gasteiger partial charge in [-0.15, -0.1) is 0 Å². The van der Waals surface area contributed by atoms with E-state index in [4.69, 9.17) is 4.74 Å². The average Bonchev–Trinajstić information content (AvgIpc) is 2.36. The molecule has 0 fully saturated rings. The van der Waals surface area contributed by atoms with Crippen LogP contribution in [0.15, 0.2) is 34.8 Å². The lowest BCUT2D eigenvalue weighted by atomic mass is 10.1. The average molecular weight is 337 g/mol. The maximum atomic E-state index is 13.3. The van der Waals surface area contributed by atoms with E-state index in [-0.39, 0.29) is 12.4 Å². The van der Waals surface area contributed by atoms with Crippen LogP contribution in [0, 0.1) is 19.7 Å². The van der Waals surface area contributed by atoms with Gasteiger partial charge >= 0.3 is 0 Å². The summed E-state index contributed by atoms with van der Waals surface area (Å²) in [7, 11) is 0. The van der Waals surface area contributed by atoms with Crippen LogP contribution in [0.2, 0.25) is 0 Å². The van der Waals surface area contributed by atoms with Crippen molar-refractivity contribution in [1.29, 1.82) is 0 Å². The minimum Gasteiger partial charge on any atom is -0.488 e. The van der Waals surface area contributed by atoms with Crippen molar-refractivity contribution in [2.24, 2.45) is 0 Å². The number of ether oxygens (including phenoxy) is 1. The molecule has 0 saturated carbocycles. The van der Waals surface area contributed by atoms with Gasteiger partial charge in [0.15, 0.2) is 0 Å². The fourth-order valence-electron chi connectivity index (χ4n) is 2.13. The van der Waals surface area contributed by atoms with Crippen molar-refractivity contribution < 1.29 is 13.9 Å². The smallest absolute Gasteiger partial charge is 0.150 e. The standard InChI is InChI=1S/C16H14BrFO2/c1-10-3-12(8-19)4-11(2)16(10)20-9-13-5-14(17)7-15(18)6-13/h3-8H,9H2,1-2H3. The summed E-state index contributed by atoms with van der Waals surface area (Å²) in [5.41, 5.74) is 3.15. The summed E-state index contributed by atoms with van der Waals surface area (Å²) in [4.78, 5) is 10.8. The molecular weight excluding hydrogens is 323 g/mol. The van der Waals surface area contributed by atoms with Gasteiger partial charge < -0.3 is 4.74 Å². The van der Waals surface area contributed by atoms with E-state index in [1.165, 1.54) is 12.1 Å². The van der Waals surface area contributed by atoms with Crippen LogP contribution in [0.3, 0.4) is 0 Å². The molecule has 2 aromatic rings. The number of carbonyl (C=O) groups is 1. The monoisotopic (exact) mass is 336 g/mol. The molecule has 0 aliphatic carbocycles. The van der Waals surface area contributed by atoms with Gasteiger partial charge in [0.05, 0.1) is 0 Å². The fourth-order valence-corrected chi connectivity index (χ4v) is 2.64. The zero-order valence-electron chi connectivity index (χ0n) is 11.2. The number of aldehydes is 1. The van der Waals surface area contributed by atoms with Crippen LogP contribution in [-0.4, -0.2) is 6.29 Å². The molecule has 0 atom stereocenters. The molecule has 0 unspecified atom stereocenters. The third-order valence-electron chi connectivity index (χ3n) is 2.92. The molecule has 0 saturated heterocycles.